The van der Waals surface area contributed by atoms with E-state index >= 15 is 0 Å². The maximum atomic E-state index is 11.9. The quantitative estimate of drug-likeness (QED) is 0.835. The van der Waals surface area contributed by atoms with Crippen LogP contribution in [0.5, 0.6) is 0 Å². The summed E-state index contributed by atoms with van der Waals surface area (Å²) in [6.07, 6.45) is 1.41. The summed E-state index contributed by atoms with van der Waals surface area (Å²) in [6, 6.07) is 0. The summed E-state index contributed by atoms with van der Waals surface area (Å²) in [4.78, 5) is 16.2. The zero-order chi connectivity index (χ0) is 14.5. The molecule has 0 saturated heterocycles. The van der Waals surface area contributed by atoms with Gasteiger partial charge in [0.25, 0.3) is 5.91 Å². The number of hydrogen-bond acceptors (Lipinski definition) is 6. The molecule has 0 fully saturated rings. The van der Waals surface area contributed by atoms with Crippen LogP contribution in [0, 0.1) is 13.8 Å². The topological polar surface area (TPSA) is 94.0 Å². The van der Waals surface area contributed by atoms with Crippen molar-refractivity contribution in [2.45, 2.75) is 26.7 Å². The molecule has 0 aliphatic rings. The SMILES string of the molecule is Cc1noc(C)c1CCNC(=O)c1csc(CCN)n1. The average Bonchev–Trinajstić information content (AvgIpc) is 3.00. The summed E-state index contributed by atoms with van der Waals surface area (Å²) in [5, 5.41) is 9.39. The highest BCUT2D eigenvalue weighted by Crippen LogP contribution is 2.13. The van der Waals surface area contributed by atoms with E-state index in [4.69, 9.17) is 10.3 Å². The number of thiazole rings is 1. The Morgan fingerprint density at radius 1 is 1.45 bits per heavy atom. The van der Waals surface area contributed by atoms with Crippen LogP contribution < -0.4 is 11.1 Å². The van der Waals surface area contributed by atoms with Crippen molar-refractivity contribution >= 4 is 17.2 Å². The monoisotopic (exact) mass is 294 g/mol. The predicted molar refractivity (Wildman–Crippen MR) is 76.9 cm³/mol. The van der Waals surface area contributed by atoms with Crippen molar-refractivity contribution in [2.75, 3.05) is 13.1 Å². The zero-order valence-electron chi connectivity index (χ0n) is 11.6. The molecule has 20 heavy (non-hydrogen) atoms. The van der Waals surface area contributed by atoms with Crippen molar-refractivity contribution in [2.24, 2.45) is 5.73 Å². The summed E-state index contributed by atoms with van der Waals surface area (Å²) in [5.41, 5.74) is 7.84. The third-order valence-corrected chi connectivity index (χ3v) is 3.89. The van der Waals surface area contributed by atoms with Crippen LogP contribution in [0.4, 0.5) is 0 Å². The second-order valence-electron chi connectivity index (χ2n) is 4.47. The lowest BCUT2D eigenvalue weighted by atomic mass is 10.1. The van der Waals surface area contributed by atoms with Gasteiger partial charge in [-0.15, -0.1) is 11.3 Å². The number of rotatable bonds is 6. The van der Waals surface area contributed by atoms with Crippen molar-refractivity contribution in [3.63, 3.8) is 0 Å². The average molecular weight is 294 g/mol. The van der Waals surface area contributed by atoms with Crippen LogP contribution >= 0.6 is 11.3 Å². The minimum absolute atomic E-state index is 0.156. The molecule has 2 rings (SSSR count). The van der Waals surface area contributed by atoms with Crippen molar-refractivity contribution in [3.8, 4) is 0 Å². The van der Waals surface area contributed by atoms with E-state index in [1.807, 2.05) is 13.8 Å². The molecule has 1 amide bonds. The normalized spacial score (nSPS) is 10.8. The first-order chi connectivity index (χ1) is 9.61. The van der Waals surface area contributed by atoms with Crippen LogP contribution in [0.25, 0.3) is 0 Å². The van der Waals surface area contributed by atoms with Gasteiger partial charge in [0, 0.05) is 23.9 Å². The summed E-state index contributed by atoms with van der Waals surface area (Å²) in [6.45, 7) is 4.84. The standard InChI is InChI=1S/C13H18N4O2S/c1-8-10(9(2)19-17-8)4-6-15-13(18)11-7-20-12(16-11)3-5-14/h7H,3-6,14H2,1-2H3,(H,15,18). The Balaban J connectivity index is 1.86. The number of carbonyl (C=O) groups excluding carboxylic acids is 1. The van der Waals surface area contributed by atoms with E-state index in [2.05, 4.69) is 15.5 Å². The van der Waals surface area contributed by atoms with E-state index in [0.717, 1.165) is 22.0 Å². The van der Waals surface area contributed by atoms with E-state index in [9.17, 15) is 4.79 Å². The first-order valence-corrected chi connectivity index (χ1v) is 7.34. The first kappa shape index (κ1) is 14.7. The maximum Gasteiger partial charge on any atom is 0.270 e. The predicted octanol–water partition coefficient (Wildman–Crippen LogP) is 1.22. The summed E-state index contributed by atoms with van der Waals surface area (Å²) in [5.74, 6) is 0.645. The number of nitrogens with one attached hydrogen (secondary N) is 1. The van der Waals surface area contributed by atoms with Gasteiger partial charge in [0.15, 0.2) is 0 Å². The summed E-state index contributed by atoms with van der Waals surface area (Å²) in [7, 11) is 0. The molecule has 0 saturated carbocycles. The minimum Gasteiger partial charge on any atom is -0.361 e. The molecule has 2 aromatic heterocycles. The Morgan fingerprint density at radius 2 is 2.25 bits per heavy atom. The molecule has 0 aliphatic carbocycles. The van der Waals surface area contributed by atoms with E-state index in [0.29, 0.717) is 31.6 Å². The van der Waals surface area contributed by atoms with Gasteiger partial charge in [-0.05, 0) is 26.8 Å². The van der Waals surface area contributed by atoms with Crippen LogP contribution in [0.15, 0.2) is 9.90 Å². The lowest BCUT2D eigenvalue weighted by Crippen LogP contribution is -2.26. The molecule has 3 N–H and O–H groups in total. The minimum atomic E-state index is -0.156. The van der Waals surface area contributed by atoms with Crippen molar-refractivity contribution in [1.29, 1.82) is 0 Å². The number of aryl methyl sites for hydroxylation is 2. The Kier molecular flexibility index (Phi) is 4.86. The molecule has 7 heteroatoms. The number of amides is 1. The molecular formula is C13H18N4O2S. The van der Waals surface area contributed by atoms with Crippen LogP contribution in [0.1, 0.15) is 32.5 Å². The Hall–Kier alpha value is -1.73. The fourth-order valence-corrected chi connectivity index (χ4v) is 2.70. The van der Waals surface area contributed by atoms with Gasteiger partial charge in [-0.1, -0.05) is 5.16 Å². The van der Waals surface area contributed by atoms with E-state index in [1.165, 1.54) is 11.3 Å². The highest BCUT2D eigenvalue weighted by molar-refractivity contribution is 7.09. The second-order valence-corrected chi connectivity index (χ2v) is 5.42. The van der Waals surface area contributed by atoms with Crippen LogP contribution in [-0.2, 0) is 12.8 Å². The lowest BCUT2D eigenvalue weighted by molar-refractivity contribution is 0.0949. The van der Waals surface area contributed by atoms with Crippen molar-refractivity contribution < 1.29 is 9.32 Å². The maximum absolute atomic E-state index is 11.9. The molecule has 2 aromatic rings. The van der Waals surface area contributed by atoms with Gasteiger partial charge in [0.2, 0.25) is 0 Å². The number of nitrogens with two attached hydrogens (primary N) is 1. The molecule has 6 nitrogen and oxygen atoms in total. The van der Waals surface area contributed by atoms with Gasteiger partial charge in [0.05, 0.1) is 10.7 Å². The van der Waals surface area contributed by atoms with Crippen LogP contribution in [-0.4, -0.2) is 29.1 Å². The van der Waals surface area contributed by atoms with Gasteiger partial charge in [-0.25, -0.2) is 4.98 Å². The molecule has 0 aromatic carbocycles. The Labute approximate surface area is 121 Å². The summed E-state index contributed by atoms with van der Waals surface area (Å²) >= 11 is 1.46. The number of hydrogen-bond donors (Lipinski definition) is 2. The Bertz CT molecular complexity index is 571. The van der Waals surface area contributed by atoms with Crippen molar-refractivity contribution in [1.82, 2.24) is 15.5 Å². The van der Waals surface area contributed by atoms with Crippen LogP contribution in [0.2, 0.25) is 0 Å². The molecule has 0 radical (unpaired) electrons. The number of aromatic nitrogens is 2. The fraction of sp³-hybridized carbons (Fsp3) is 0.462. The second kappa shape index (κ2) is 6.62. The Morgan fingerprint density at radius 3 is 2.90 bits per heavy atom. The first-order valence-electron chi connectivity index (χ1n) is 6.46. The molecule has 0 atom stereocenters. The fourth-order valence-electron chi connectivity index (χ4n) is 1.90. The van der Waals surface area contributed by atoms with E-state index < -0.39 is 0 Å². The third-order valence-electron chi connectivity index (χ3n) is 2.98. The molecule has 0 spiro atoms. The third kappa shape index (κ3) is 3.43. The van der Waals surface area contributed by atoms with Crippen molar-refractivity contribution in [3.05, 3.63) is 33.1 Å². The zero-order valence-corrected chi connectivity index (χ0v) is 12.4. The molecular weight excluding hydrogens is 276 g/mol. The lowest BCUT2D eigenvalue weighted by Gasteiger charge is -2.02. The van der Waals surface area contributed by atoms with Gasteiger partial charge in [-0.2, -0.15) is 0 Å². The highest BCUT2D eigenvalue weighted by Gasteiger charge is 2.12. The molecule has 0 aliphatic heterocycles. The van der Waals surface area contributed by atoms with E-state index in [-0.39, 0.29) is 5.91 Å². The smallest absolute Gasteiger partial charge is 0.270 e. The molecule has 108 valence electrons. The number of carbonyl (C=O) groups is 1. The highest BCUT2D eigenvalue weighted by atomic mass is 32.1. The van der Waals surface area contributed by atoms with Gasteiger partial charge < -0.3 is 15.6 Å². The van der Waals surface area contributed by atoms with Crippen LogP contribution in [0.3, 0.4) is 0 Å². The molecule has 0 bridgehead atoms. The largest absolute Gasteiger partial charge is 0.361 e. The summed E-state index contributed by atoms with van der Waals surface area (Å²) < 4.78 is 5.08. The molecule has 0 unspecified atom stereocenters. The number of nitrogens with zero attached hydrogens (tertiary/aromatic N) is 2. The van der Waals surface area contributed by atoms with Gasteiger partial charge >= 0.3 is 0 Å². The van der Waals surface area contributed by atoms with E-state index in [1.54, 1.807) is 5.38 Å². The van der Waals surface area contributed by atoms with Gasteiger partial charge in [-0.3, -0.25) is 4.79 Å². The van der Waals surface area contributed by atoms with Gasteiger partial charge in [0.1, 0.15) is 11.5 Å². The molecule has 2 heterocycles.